The van der Waals surface area contributed by atoms with Gasteiger partial charge in [0, 0.05) is 0 Å². The number of aliphatic hydroxyl groups is 2. The number of aromatic amines is 1. The van der Waals surface area contributed by atoms with E-state index in [1.165, 1.54) is 0 Å². The molecule has 3 rings (SSSR count). The highest BCUT2D eigenvalue weighted by atomic mass is 35.5. The number of ether oxygens (including phenoxy) is 2. The van der Waals surface area contributed by atoms with Crippen LogP contribution < -0.4 is 15.6 Å². The van der Waals surface area contributed by atoms with E-state index in [4.69, 9.17) is 32.7 Å². The van der Waals surface area contributed by atoms with Gasteiger partial charge < -0.3 is 25.0 Å². The van der Waals surface area contributed by atoms with Crippen molar-refractivity contribution in [2.45, 2.75) is 18.4 Å². The van der Waals surface area contributed by atoms with Crippen LogP contribution in [0, 0.1) is 5.82 Å². The molecule has 0 saturated carbocycles. The lowest BCUT2D eigenvalue weighted by atomic mass is 10.2. The lowest BCUT2D eigenvalue weighted by Crippen LogP contribution is -2.54. The van der Waals surface area contributed by atoms with Gasteiger partial charge in [0.05, 0.1) is 6.61 Å². The molecule has 1 atom stereocenters. The number of pyridine rings is 1. The largest absolute Gasteiger partial charge is 0.475 e. The molecule has 2 aromatic rings. The van der Waals surface area contributed by atoms with Gasteiger partial charge in [-0.2, -0.15) is 4.98 Å². The molecule has 0 bridgehead atoms. The Hall–Kier alpha value is -1.56. The number of H-pyrrole nitrogens is 1. The van der Waals surface area contributed by atoms with Gasteiger partial charge in [-0.1, -0.05) is 11.6 Å². The Morgan fingerprint density at radius 1 is 1.40 bits per heavy atom. The average molecular weight is 395 g/mol. The first kappa shape index (κ1) is 18.2. The zero-order chi connectivity index (χ0) is 18.2. The third kappa shape index (κ3) is 3.68. The highest BCUT2D eigenvalue weighted by Crippen LogP contribution is 2.27. The molecule has 12 heteroatoms. The molecule has 4 N–H and O–H groups in total. The first-order valence-electron chi connectivity index (χ1n) is 7.19. The molecule has 0 aromatic carbocycles. The zero-order valence-corrected chi connectivity index (χ0v) is 14.1. The van der Waals surface area contributed by atoms with Gasteiger partial charge in [-0.3, -0.25) is 9.78 Å². The molecular formula is C13H13Cl2FN4O5. The minimum atomic E-state index is -2.48. The van der Waals surface area contributed by atoms with Crippen LogP contribution in [0.4, 0.5) is 4.39 Å². The van der Waals surface area contributed by atoms with E-state index in [1.807, 2.05) is 0 Å². The van der Waals surface area contributed by atoms with Gasteiger partial charge in [0.25, 0.3) is 11.5 Å². The minimum Gasteiger partial charge on any atom is -0.475 e. The fourth-order valence-electron chi connectivity index (χ4n) is 2.33. The monoisotopic (exact) mass is 394 g/mol. The van der Waals surface area contributed by atoms with Crippen molar-refractivity contribution in [3.05, 3.63) is 26.6 Å². The number of fused-ring (bicyclic) bond motifs is 1. The maximum Gasteiger partial charge on any atom is 0.297 e. The fourth-order valence-corrected chi connectivity index (χ4v) is 2.67. The van der Waals surface area contributed by atoms with Gasteiger partial charge in [0.1, 0.15) is 23.6 Å². The van der Waals surface area contributed by atoms with Crippen molar-refractivity contribution in [1.82, 2.24) is 20.3 Å². The Balaban J connectivity index is 1.96. The number of nitrogens with one attached hydrogen (secondary N) is 2. The van der Waals surface area contributed by atoms with E-state index in [2.05, 4.69) is 20.3 Å². The summed E-state index contributed by atoms with van der Waals surface area (Å²) in [6.45, 7) is 0.244. The van der Waals surface area contributed by atoms with E-state index < -0.39 is 34.1 Å². The fraction of sp³-hybridized carbons (Fsp3) is 0.462. The van der Waals surface area contributed by atoms with Crippen molar-refractivity contribution in [3.8, 4) is 5.88 Å². The molecule has 0 spiro atoms. The summed E-state index contributed by atoms with van der Waals surface area (Å²) in [5.74, 6) is -3.83. The maximum absolute atomic E-state index is 14.1. The maximum atomic E-state index is 14.1. The smallest absolute Gasteiger partial charge is 0.297 e. The Labute approximate surface area is 149 Å². The van der Waals surface area contributed by atoms with Gasteiger partial charge in [-0.15, -0.1) is 0 Å². The van der Waals surface area contributed by atoms with Crippen LogP contribution in [0.5, 0.6) is 5.88 Å². The van der Waals surface area contributed by atoms with Gasteiger partial charge in [0.2, 0.25) is 11.2 Å². The molecule has 2 aromatic heterocycles. The zero-order valence-electron chi connectivity index (χ0n) is 12.6. The third-order valence-corrected chi connectivity index (χ3v) is 3.99. The molecule has 0 aliphatic carbocycles. The predicted molar refractivity (Wildman–Crippen MR) is 85.2 cm³/mol. The first-order valence-corrected chi connectivity index (χ1v) is 7.94. The number of nitrogens with zero attached hydrogens (tertiary/aromatic N) is 2. The van der Waals surface area contributed by atoms with Crippen LogP contribution in [-0.2, 0) is 4.74 Å². The van der Waals surface area contributed by atoms with E-state index in [0.717, 1.165) is 0 Å². The standard InChI is InChI=1S/C13H13Cl2FN4O5/c14-9-7(16)8-6(10(21)20-12(15)18-8)11(19-9)24-4-5-13(22,23)25-3-1-2-17-5/h5,17,22-23H,1-4H2,(H,18,20,21). The van der Waals surface area contributed by atoms with E-state index >= 15 is 0 Å². The molecule has 0 amide bonds. The normalized spacial score (nSPS) is 20.4. The highest BCUT2D eigenvalue weighted by molar-refractivity contribution is 6.30. The Kier molecular flexibility index (Phi) is 5.09. The van der Waals surface area contributed by atoms with Gasteiger partial charge in [0.15, 0.2) is 11.0 Å². The Morgan fingerprint density at radius 3 is 2.92 bits per heavy atom. The molecule has 3 heterocycles. The molecule has 9 nitrogen and oxygen atoms in total. The Bertz CT molecular complexity index is 862. The van der Waals surface area contributed by atoms with Crippen LogP contribution >= 0.6 is 23.2 Å². The summed E-state index contributed by atoms with van der Waals surface area (Å²) in [6.07, 6.45) is 0.561. The molecule has 0 radical (unpaired) electrons. The predicted octanol–water partition coefficient (Wildman–Crippen LogP) is 0.160. The van der Waals surface area contributed by atoms with Crippen molar-refractivity contribution in [2.24, 2.45) is 0 Å². The molecule has 1 aliphatic heterocycles. The van der Waals surface area contributed by atoms with E-state index in [-0.39, 0.29) is 29.8 Å². The van der Waals surface area contributed by atoms with Crippen molar-refractivity contribution in [3.63, 3.8) is 0 Å². The number of hydrogen-bond donors (Lipinski definition) is 4. The summed E-state index contributed by atoms with van der Waals surface area (Å²) in [7, 11) is 0. The minimum absolute atomic E-state index is 0.141. The number of halogens is 3. The SMILES string of the molecule is O=c1[nH]c(Cl)nc2c(F)c(Cl)nc(OCC3NCCCOC3(O)O)c12. The summed E-state index contributed by atoms with van der Waals surface area (Å²) in [5, 5.41) is 21.4. The topological polar surface area (TPSA) is 130 Å². The molecule has 1 fully saturated rings. The van der Waals surface area contributed by atoms with Crippen molar-refractivity contribution in [2.75, 3.05) is 19.8 Å². The molecular weight excluding hydrogens is 382 g/mol. The lowest BCUT2D eigenvalue weighted by molar-refractivity contribution is -0.349. The van der Waals surface area contributed by atoms with Gasteiger partial charge >= 0.3 is 0 Å². The average Bonchev–Trinajstić information content (AvgIpc) is 2.69. The molecule has 136 valence electrons. The van der Waals surface area contributed by atoms with Crippen LogP contribution in [0.25, 0.3) is 10.9 Å². The number of hydrogen-bond acceptors (Lipinski definition) is 8. The van der Waals surface area contributed by atoms with Crippen LogP contribution in [0.1, 0.15) is 6.42 Å². The van der Waals surface area contributed by atoms with Crippen molar-refractivity contribution >= 4 is 34.1 Å². The number of rotatable bonds is 3. The highest BCUT2D eigenvalue weighted by Gasteiger charge is 2.38. The van der Waals surface area contributed by atoms with Crippen LogP contribution in [-0.4, -0.2) is 56.9 Å². The molecule has 1 aliphatic rings. The Morgan fingerprint density at radius 2 is 2.16 bits per heavy atom. The van der Waals surface area contributed by atoms with Crippen LogP contribution in [0.15, 0.2) is 4.79 Å². The number of aromatic nitrogens is 3. The molecule has 25 heavy (non-hydrogen) atoms. The second-order valence-electron chi connectivity index (χ2n) is 5.28. The summed E-state index contributed by atoms with van der Waals surface area (Å²) in [6, 6.07) is -1.05. The van der Waals surface area contributed by atoms with Gasteiger partial charge in [-0.05, 0) is 24.6 Å². The first-order chi connectivity index (χ1) is 11.8. The molecule has 1 unspecified atom stereocenters. The van der Waals surface area contributed by atoms with Crippen molar-refractivity contribution in [1.29, 1.82) is 0 Å². The second kappa shape index (κ2) is 6.98. The summed E-state index contributed by atoms with van der Waals surface area (Å²) in [5.41, 5.74) is -1.19. The van der Waals surface area contributed by atoms with Crippen molar-refractivity contribution < 1.29 is 24.1 Å². The summed E-state index contributed by atoms with van der Waals surface area (Å²) >= 11 is 11.3. The van der Waals surface area contributed by atoms with E-state index in [1.54, 1.807) is 0 Å². The summed E-state index contributed by atoms with van der Waals surface area (Å²) < 4.78 is 24.4. The summed E-state index contributed by atoms with van der Waals surface area (Å²) in [4.78, 5) is 21.6. The third-order valence-electron chi connectivity index (χ3n) is 3.56. The van der Waals surface area contributed by atoms with E-state index in [0.29, 0.717) is 13.0 Å². The lowest BCUT2D eigenvalue weighted by Gasteiger charge is -2.28. The van der Waals surface area contributed by atoms with E-state index in [9.17, 15) is 19.4 Å². The van der Waals surface area contributed by atoms with Crippen LogP contribution in [0.3, 0.4) is 0 Å². The quantitative estimate of drug-likeness (QED) is 0.329. The molecule has 1 saturated heterocycles. The van der Waals surface area contributed by atoms with Crippen LogP contribution in [0.2, 0.25) is 10.4 Å². The second-order valence-corrected chi connectivity index (χ2v) is 6.00. The van der Waals surface area contributed by atoms with Gasteiger partial charge in [-0.25, -0.2) is 9.37 Å².